The second-order valence-corrected chi connectivity index (χ2v) is 11.6. The van der Waals surface area contributed by atoms with Gasteiger partial charge in [0.05, 0.1) is 0 Å². The van der Waals surface area contributed by atoms with Gasteiger partial charge < -0.3 is 0 Å². The summed E-state index contributed by atoms with van der Waals surface area (Å²) in [6.07, 6.45) is 3.09. The molecule has 2 fully saturated rings. The lowest BCUT2D eigenvalue weighted by Crippen LogP contribution is -2.41. The Morgan fingerprint density at radius 2 is 1.84 bits per heavy atom. The molecular formula is C17H32OS. The highest BCUT2D eigenvalue weighted by atomic mass is 32.2. The Balaban J connectivity index is 0.00000180. The van der Waals surface area contributed by atoms with Gasteiger partial charge in [-0.25, -0.2) is 9.21 Å². The number of carbonyl (C=O) groups is 1. The van der Waals surface area contributed by atoms with Crippen molar-refractivity contribution in [3.63, 3.8) is 0 Å². The standard InChI is InChI=1S/C16H28OS.CH4/c1-14(2,3)18(6,7)11-16-9-8-12(10-13(16)17)15(16,4)5;/h12H,6-11H2,1-5H3;1H4/t12-,16+;/m0./s1. The molecule has 0 aliphatic heterocycles. The number of fused-ring (bicyclic) bond motifs is 2. The Morgan fingerprint density at radius 3 is 2.16 bits per heavy atom. The van der Waals surface area contributed by atoms with Gasteiger partial charge in [-0.3, -0.25) is 4.79 Å². The van der Waals surface area contributed by atoms with Crippen LogP contribution in [0.1, 0.15) is 61.3 Å². The van der Waals surface area contributed by atoms with Crippen LogP contribution in [0.2, 0.25) is 0 Å². The Hall–Kier alpha value is -0.240. The summed E-state index contributed by atoms with van der Waals surface area (Å²) in [5.41, 5.74) is 0.0345. The van der Waals surface area contributed by atoms with E-state index in [-0.39, 0.29) is 23.0 Å². The molecule has 2 aliphatic carbocycles. The molecule has 2 aliphatic rings. The highest BCUT2D eigenvalue weighted by Gasteiger charge is 2.64. The molecular weight excluding hydrogens is 252 g/mol. The normalized spacial score (nSPS) is 33.3. The SMILES string of the molecule is C.C=S(=C)(C[C@]12CC[C@@H](CC1=O)C2(C)C)C(C)(C)C. The molecule has 112 valence electrons. The van der Waals surface area contributed by atoms with Gasteiger partial charge in [0.2, 0.25) is 0 Å². The highest BCUT2D eigenvalue weighted by molar-refractivity contribution is 8.28. The number of carbonyl (C=O) groups excluding carboxylic acids is 1. The van der Waals surface area contributed by atoms with Crippen molar-refractivity contribution in [2.45, 2.75) is 66.1 Å². The van der Waals surface area contributed by atoms with Crippen LogP contribution in [0.4, 0.5) is 0 Å². The van der Waals surface area contributed by atoms with Crippen LogP contribution < -0.4 is 0 Å². The zero-order valence-electron chi connectivity index (χ0n) is 12.6. The van der Waals surface area contributed by atoms with Gasteiger partial charge in [-0.2, -0.15) is 0 Å². The first-order chi connectivity index (χ1) is 7.94. The van der Waals surface area contributed by atoms with Crippen molar-refractivity contribution in [2.75, 3.05) is 5.75 Å². The van der Waals surface area contributed by atoms with Gasteiger partial charge in [-0.05, 0) is 34.7 Å². The summed E-state index contributed by atoms with van der Waals surface area (Å²) in [4.78, 5) is 12.5. The van der Waals surface area contributed by atoms with Crippen LogP contribution in [0.25, 0.3) is 0 Å². The van der Waals surface area contributed by atoms with Gasteiger partial charge in [0.25, 0.3) is 0 Å². The van der Waals surface area contributed by atoms with Gasteiger partial charge >= 0.3 is 0 Å². The molecule has 0 spiro atoms. The van der Waals surface area contributed by atoms with E-state index in [9.17, 15) is 4.79 Å². The minimum atomic E-state index is -1.25. The molecule has 0 unspecified atom stereocenters. The third-order valence-electron chi connectivity index (χ3n) is 5.96. The van der Waals surface area contributed by atoms with E-state index in [2.05, 4.69) is 46.4 Å². The van der Waals surface area contributed by atoms with Crippen molar-refractivity contribution >= 4 is 26.7 Å². The number of rotatable bonds is 2. The van der Waals surface area contributed by atoms with Crippen LogP contribution in [-0.4, -0.2) is 28.0 Å². The molecule has 0 aromatic rings. The largest absolute Gasteiger partial charge is 0.299 e. The third kappa shape index (κ3) is 2.11. The summed E-state index contributed by atoms with van der Waals surface area (Å²) >= 11 is 0. The molecule has 2 heteroatoms. The molecule has 19 heavy (non-hydrogen) atoms. The predicted octanol–water partition coefficient (Wildman–Crippen LogP) is 4.49. The van der Waals surface area contributed by atoms with Crippen molar-refractivity contribution in [1.82, 2.24) is 0 Å². The smallest absolute Gasteiger partial charge is 0.140 e. The molecule has 0 aromatic carbocycles. The van der Waals surface area contributed by atoms with E-state index in [4.69, 9.17) is 0 Å². The Kier molecular flexibility index (Phi) is 3.87. The van der Waals surface area contributed by atoms with Crippen molar-refractivity contribution in [2.24, 2.45) is 16.7 Å². The van der Waals surface area contributed by atoms with E-state index in [0.29, 0.717) is 11.7 Å². The fraction of sp³-hybridized carbons (Fsp3) is 0.824. The summed E-state index contributed by atoms with van der Waals surface area (Å²) in [6.45, 7) is 11.3. The summed E-state index contributed by atoms with van der Waals surface area (Å²) in [6, 6.07) is 0. The molecule has 0 heterocycles. The first-order valence-electron chi connectivity index (χ1n) is 6.94. The topological polar surface area (TPSA) is 17.1 Å². The van der Waals surface area contributed by atoms with Crippen molar-refractivity contribution < 1.29 is 4.79 Å². The lowest BCUT2D eigenvalue weighted by molar-refractivity contribution is -0.127. The minimum absolute atomic E-state index is 0. The summed E-state index contributed by atoms with van der Waals surface area (Å²) in [5, 5.41) is 0. The third-order valence-corrected chi connectivity index (χ3v) is 9.60. The van der Waals surface area contributed by atoms with E-state index < -0.39 is 9.21 Å². The number of ketones is 1. The first kappa shape index (κ1) is 16.8. The summed E-state index contributed by atoms with van der Waals surface area (Å²) < 4.78 is 0.110. The second kappa shape index (κ2) is 4.38. The quantitative estimate of drug-likeness (QED) is 0.683. The van der Waals surface area contributed by atoms with Gasteiger partial charge in [0.15, 0.2) is 0 Å². The first-order valence-corrected chi connectivity index (χ1v) is 9.08. The number of hydrogen-bond acceptors (Lipinski definition) is 1. The van der Waals surface area contributed by atoms with Crippen LogP contribution in [0.3, 0.4) is 0 Å². The Morgan fingerprint density at radius 1 is 1.32 bits per heavy atom. The molecule has 0 aromatic heterocycles. The van der Waals surface area contributed by atoms with Crippen LogP contribution in [-0.2, 0) is 4.79 Å². The molecule has 2 rings (SSSR count). The summed E-state index contributed by atoms with van der Waals surface area (Å²) in [7, 11) is -1.25. The molecule has 1 nitrogen and oxygen atoms in total. The average molecular weight is 285 g/mol. The van der Waals surface area contributed by atoms with Gasteiger partial charge in [0, 0.05) is 11.8 Å². The highest BCUT2D eigenvalue weighted by Crippen LogP contribution is 2.66. The monoisotopic (exact) mass is 284 g/mol. The van der Waals surface area contributed by atoms with E-state index in [0.717, 1.165) is 18.6 Å². The minimum Gasteiger partial charge on any atom is -0.299 e. The van der Waals surface area contributed by atoms with E-state index in [1.165, 1.54) is 6.42 Å². The lowest BCUT2D eigenvalue weighted by atomic mass is 9.70. The van der Waals surface area contributed by atoms with Gasteiger partial charge in [-0.1, -0.05) is 53.8 Å². The predicted molar refractivity (Wildman–Crippen MR) is 91.7 cm³/mol. The van der Waals surface area contributed by atoms with Crippen molar-refractivity contribution in [3.05, 3.63) is 0 Å². The number of hydrogen-bond donors (Lipinski definition) is 0. The second-order valence-electron chi connectivity index (χ2n) is 7.97. The van der Waals surface area contributed by atoms with Crippen LogP contribution >= 0.6 is 9.21 Å². The Bertz CT molecular complexity index is 476. The fourth-order valence-electron chi connectivity index (χ4n) is 3.80. The molecule has 2 atom stereocenters. The molecule has 0 radical (unpaired) electrons. The maximum atomic E-state index is 12.5. The van der Waals surface area contributed by atoms with E-state index >= 15 is 0 Å². The molecule has 2 bridgehead atoms. The van der Waals surface area contributed by atoms with Crippen molar-refractivity contribution in [3.8, 4) is 0 Å². The van der Waals surface area contributed by atoms with Gasteiger partial charge in [-0.15, -0.1) is 0 Å². The molecule has 2 saturated carbocycles. The fourth-order valence-corrected chi connectivity index (χ4v) is 5.85. The van der Waals surface area contributed by atoms with Crippen LogP contribution in [0.5, 0.6) is 0 Å². The maximum Gasteiger partial charge on any atom is 0.140 e. The average Bonchev–Trinajstić information content (AvgIpc) is 2.48. The summed E-state index contributed by atoms with van der Waals surface area (Å²) in [5.74, 6) is 10.9. The maximum absolute atomic E-state index is 12.5. The van der Waals surface area contributed by atoms with Crippen molar-refractivity contribution in [1.29, 1.82) is 0 Å². The van der Waals surface area contributed by atoms with Crippen LogP contribution in [0, 0.1) is 16.7 Å². The van der Waals surface area contributed by atoms with Gasteiger partial charge in [0.1, 0.15) is 5.78 Å². The Labute approximate surface area is 120 Å². The zero-order valence-corrected chi connectivity index (χ0v) is 13.5. The molecule has 0 N–H and O–H groups in total. The van der Waals surface area contributed by atoms with Crippen LogP contribution in [0.15, 0.2) is 0 Å². The lowest BCUT2D eigenvalue weighted by Gasteiger charge is -2.43. The van der Waals surface area contributed by atoms with E-state index in [1.807, 2.05) is 0 Å². The molecule has 0 amide bonds. The zero-order chi connectivity index (χ0) is 14.0. The number of Topliss-reactive ketones (excluding diaryl/α,β-unsaturated/α-hetero) is 1. The van der Waals surface area contributed by atoms with E-state index in [1.54, 1.807) is 0 Å². The molecule has 0 saturated heterocycles.